The molecule has 0 radical (unpaired) electrons. The van der Waals surface area contributed by atoms with Crippen LogP contribution in [0.4, 0.5) is 5.82 Å². The minimum atomic E-state index is 0.198. The van der Waals surface area contributed by atoms with E-state index in [9.17, 15) is 0 Å². The molecule has 2 rings (SSSR count). The highest BCUT2D eigenvalue weighted by Crippen LogP contribution is 2.20. The zero-order valence-electron chi connectivity index (χ0n) is 10.5. The molecule has 2 N–H and O–H groups in total. The maximum absolute atomic E-state index is 5.76. The summed E-state index contributed by atoms with van der Waals surface area (Å²) in [5.41, 5.74) is 6.61. The molecule has 1 unspecified atom stereocenters. The molecule has 0 saturated carbocycles. The van der Waals surface area contributed by atoms with Gasteiger partial charge in [-0.2, -0.15) is 5.10 Å². The number of anilines is 1. The topological polar surface area (TPSA) is 72.9 Å². The molecule has 0 aliphatic carbocycles. The SMILES string of the molecule is CC(N)CCN(C)c1ncnc2c1cnn2C. The van der Waals surface area contributed by atoms with Crippen molar-refractivity contribution in [2.75, 3.05) is 18.5 Å². The van der Waals surface area contributed by atoms with Gasteiger partial charge in [0.15, 0.2) is 5.65 Å². The summed E-state index contributed by atoms with van der Waals surface area (Å²) in [6.45, 7) is 2.88. The molecular weight excluding hydrogens is 216 g/mol. The van der Waals surface area contributed by atoms with Crippen molar-refractivity contribution in [1.29, 1.82) is 0 Å². The lowest BCUT2D eigenvalue weighted by molar-refractivity contribution is 0.657. The van der Waals surface area contributed by atoms with E-state index in [2.05, 4.69) is 20.0 Å². The summed E-state index contributed by atoms with van der Waals surface area (Å²) in [6, 6.07) is 0.198. The maximum atomic E-state index is 5.76. The van der Waals surface area contributed by atoms with Gasteiger partial charge in [-0.15, -0.1) is 0 Å². The molecule has 0 fully saturated rings. The zero-order chi connectivity index (χ0) is 12.4. The van der Waals surface area contributed by atoms with Crippen molar-refractivity contribution < 1.29 is 0 Å². The molecule has 2 aromatic heterocycles. The van der Waals surface area contributed by atoms with Gasteiger partial charge in [-0.3, -0.25) is 4.68 Å². The Morgan fingerprint density at radius 3 is 2.94 bits per heavy atom. The van der Waals surface area contributed by atoms with Gasteiger partial charge < -0.3 is 10.6 Å². The van der Waals surface area contributed by atoms with Crippen LogP contribution in [0.3, 0.4) is 0 Å². The van der Waals surface area contributed by atoms with E-state index in [4.69, 9.17) is 5.73 Å². The number of nitrogens with zero attached hydrogens (tertiary/aromatic N) is 5. The smallest absolute Gasteiger partial charge is 0.163 e. The van der Waals surface area contributed by atoms with Crippen molar-refractivity contribution >= 4 is 16.9 Å². The van der Waals surface area contributed by atoms with Crippen LogP contribution in [0.15, 0.2) is 12.5 Å². The molecular formula is C11H18N6. The van der Waals surface area contributed by atoms with Crippen molar-refractivity contribution in [3.8, 4) is 0 Å². The van der Waals surface area contributed by atoms with Crippen molar-refractivity contribution in [2.45, 2.75) is 19.4 Å². The van der Waals surface area contributed by atoms with Crippen molar-refractivity contribution in [2.24, 2.45) is 12.8 Å². The monoisotopic (exact) mass is 234 g/mol. The fourth-order valence-corrected chi connectivity index (χ4v) is 1.76. The molecule has 0 saturated heterocycles. The molecule has 1 atom stereocenters. The lowest BCUT2D eigenvalue weighted by Gasteiger charge is -2.19. The van der Waals surface area contributed by atoms with Gasteiger partial charge in [-0.1, -0.05) is 0 Å². The Morgan fingerprint density at radius 2 is 2.24 bits per heavy atom. The second kappa shape index (κ2) is 4.67. The van der Waals surface area contributed by atoms with Gasteiger partial charge in [0.25, 0.3) is 0 Å². The highest BCUT2D eigenvalue weighted by Gasteiger charge is 2.11. The number of hydrogen-bond acceptors (Lipinski definition) is 5. The van der Waals surface area contributed by atoms with Crippen LogP contribution in [0, 0.1) is 0 Å². The zero-order valence-corrected chi connectivity index (χ0v) is 10.5. The van der Waals surface area contributed by atoms with E-state index < -0.39 is 0 Å². The molecule has 6 heteroatoms. The van der Waals surface area contributed by atoms with Crippen LogP contribution >= 0.6 is 0 Å². The molecule has 17 heavy (non-hydrogen) atoms. The van der Waals surface area contributed by atoms with E-state index in [0.717, 1.165) is 29.8 Å². The van der Waals surface area contributed by atoms with E-state index in [0.29, 0.717) is 0 Å². The van der Waals surface area contributed by atoms with E-state index in [1.807, 2.05) is 21.0 Å². The quantitative estimate of drug-likeness (QED) is 0.835. The van der Waals surface area contributed by atoms with Crippen LogP contribution in [0.2, 0.25) is 0 Å². The Balaban J connectivity index is 2.28. The lowest BCUT2D eigenvalue weighted by atomic mass is 10.2. The van der Waals surface area contributed by atoms with Crippen LogP contribution < -0.4 is 10.6 Å². The number of fused-ring (bicyclic) bond motifs is 1. The second-order valence-corrected chi connectivity index (χ2v) is 4.39. The highest BCUT2D eigenvalue weighted by molar-refractivity contribution is 5.86. The average Bonchev–Trinajstić information content (AvgIpc) is 2.68. The van der Waals surface area contributed by atoms with Gasteiger partial charge in [0, 0.05) is 26.7 Å². The molecule has 6 nitrogen and oxygen atoms in total. The van der Waals surface area contributed by atoms with Gasteiger partial charge in [0.05, 0.1) is 11.6 Å². The third-order valence-corrected chi connectivity index (χ3v) is 2.79. The summed E-state index contributed by atoms with van der Waals surface area (Å²) in [5.74, 6) is 0.906. The minimum Gasteiger partial charge on any atom is -0.359 e. The molecule has 0 spiro atoms. The predicted octanol–water partition coefficient (Wildman–Crippen LogP) is 0.537. The Hall–Kier alpha value is -1.69. The van der Waals surface area contributed by atoms with Gasteiger partial charge in [-0.25, -0.2) is 9.97 Å². The summed E-state index contributed by atoms with van der Waals surface area (Å²) in [5, 5.41) is 5.17. The maximum Gasteiger partial charge on any atom is 0.163 e. The standard InChI is InChI=1S/C11H18N6/c1-8(12)4-5-16(2)10-9-6-15-17(3)11(9)14-7-13-10/h6-8H,4-5,12H2,1-3H3. The molecule has 0 aromatic carbocycles. The van der Waals surface area contributed by atoms with E-state index >= 15 is 0 Å². The first-order chi connectivity index (χ1) is 8.09. The first-order valence-electron chi connectivity index (χ1n) is 5.69. The number of hydrogen-bond donors (Lipinski definition) is 1. The fraction of sp³-hybridized carbons (Fsp3) is 0.545. The number of nitrogens with two attached hydrogens (primary N) is 1. The van der Waals surface area contributed by atoms with Gasteiger partial charge >= 0.3 is 0 Å². The number of aromatic nitrogens is 4. The van der Waals surface area contributed by atoms with E-state index in [1.165, 1.54) is 0 Å². The van der Waals surface area contributed by atoms with Crippen LogP contribution in [-0.4, -0.2) is 39.4 Å². The third kappa shape index (κ3) is 2.36. The molecule has 92 valence electrons. The predicted molar refractivity (Wildman–Crippen MR) is 67.8 cm³/mol. The summed E-state index contributed by atoms with van der Waals surface area (Å²) in [6.07, 6.45) is 4.30. The summed E-state index contributed by atoms with van der Waals surface area (Å²) in [4.78, 5) is 10.6. The van der Waals surface area contributed by atoms with Crippen molar-refractivity contribution in [3.63, 3.8) is 0 Å². The Bertz CT molecular complexity index is 504. The first kappa shape index (κ1) is 11.8. The average molecular weight is 234 g/mol. The first-order valence-corrected chi connectivity index (χ1v) is 5.69. The van der Waals surface area contributed by atoms with Crippen LogP contribution in [0.1, 0.15) is 13.3 Å². The van der Waals surface area contributed by atoms with Gasteiger partial charge in [0.2, 0.25) is 0 Å². The van der Waals surface area contributed by atoms with Gasteiger partial charge in [0.1, 0.15) is 12.1 Å². The lowest BCUT2D eigenvalue weighted by Crippen LogP contribution is -2.26. The second-order valence-electron chi connectivity index (χ2n) is 4.39. The Morgan fingerprint density at radius 1 is 1.47 bits per heavy atom. The van der Waals surface area contributed by atoms with Crippen molar-refractivity contribution in [3.05, 3.63) is 12.5 Å². The normalized spacial score (nSPS) is 12.9. The number of aryl methyl sites for hydroxylation is 1. The van der Waals surface area contributed by atoms with Gasteiger partial charge in [-0.05, 0) is 13.3 Å². The molecule has 0 aliphatic rings. The molecule has 0 amide bonds. The third-order valence-electron chi connectivity index (χ3n) is 2.79. The molecule has 2 aromatic rings. The van der Waals surface area contributed by atoms with Crippen LogP contribution in [0.5, 0.6) is 0 Å². The minimum absolute atomic E-state index is 0.198. The Labute approximate surface area is 100 Å². The number of rotatable bonds is 4. The summed E-state index contributed by atoms with van der Waals surface area (Å²) in [7, 11) is 3.89. The molecule has 0 aliphatic heterocycles. The summed E-state index contributed by atoms with van der Waals surface area (Å²) >= 11 is 0. The van der Waals surface area contributed by atoms with E-state index in [-0.39, 0.29) is 6.04 Å². The Kier molecular flexibility index (Phi) is 3.23. The fourth-order valence-electron chi connectivity index (χ4n) is 1.76. The van der Waals surface area contributed by atoms with Crippen LogP contribution in [-0.2, 0) is 7.05 Å². The summed E-state index contributed by atoms with van der Waals surface area (Å²) < 4.78 is 1.75. The molecule has 2 heterocycles. The van der Waals surface area contributed by atoms with E-state index in [1.54, 1.807) is 17.2 Å². The highest BCUT2D eigenvalue weighted by atomic mass is 15.3. The largest absolute Gasteiger partial charge is 0.359 e. The van der Waals surface area contributed by atoms with Crippen LogP contribution in [0.25, 0.3) is 11.0 Å². The molecule has 0 bridgehead atoms. The van der Waals surface area contributed by atoms with Crippen molar-refractivity contribution in [1.82, 2.24) is 19.7 Å².